The monoisotopic (exact) mass is 1490 g/mol. The quantitative estimate of drug-likeness (QED) is 0.0524. The maximum absolute atomic E-state index is 12.0. The average molecular weight is 1490 g/mol. The van der Waals surface area contributed by atoms with Crippen molar-refractivity contribution in [1.82, 2.24) is 74.3 Å². The van der Waals surface area contributed by atoms with Crippen molar-refractivity contribution in [1.29, 1.82) is 0 Å². The molecule has 6 aliphatic carbocycles. The first-order valence-corrected chi connectivity index (χ1v) is 38.8. The summed E-state index contributed by atoms with van der Waals surface area (Å²) in [6.07, 6.45) is 36.0. The Morgan fingerprint density at radius 1 is 0.387 bits per heavy atom. The van der Waals surface area contributed by atoms with Crippen LogP contribution in [-0.2, 0) is 14.4 Å². The predicted octanol–water partition coefficient (Wildman–Crippen LogP) is 15.2. The van der Waals surface area contributed by atoms with Gasteiger partial charge in [-0.25, -0.2) is 29.9 Å². The van der Waals surface area contributed by atoms with E-state index in [1.165, 1.54) is 56.8 Å². The molecule has 24 heteroatoms. The van der Waals surface area contributed by atoms with Crippen LogP contribution in [0.1, 0.15) is 123 Å². The molecule has 6 N–H and O–H groups in total. The Kier molecular flexibility index (Phi) is 20.5. The van der Waals surface area contributed by atoms with E-state index in [2.05, 4.69) is 117 Å². The minimum Gasteiger partial charge on any atom is -0.360 e. The highest BCUT2D eigenvalue weighted by atomic mass is 35.5. The molecule has 3 saturated heterocycles. The molecule has 2 unspecified atom stereocenters. The van der Waals surface area contributed by atoms with Gasteiger partial charge in [0.25, 0.3) is 0 Å². The fraction of sp³-hybridized carbons (Fsp3) is 0.451. The first-order chi connectivity index (χ1) is 51.0. The number of para-hydroxylation sites is 3. The van der Waals surface area contributed by atoms with Crippen LogP contribution in [0.2, 0.25) is 15.1 Å². The van der Waals surface area contributed by atoms with Crippen LogP contribution < -0.4 is 16.0 Å². The van der Waals surface area contributed by atoms with Crippen LogP contribution in [0.3, 0.4) is 0 Å². The molecular weight excluding hydrogens is 1390 g/mol. The highest BCUT2D eigenvalue weighted by molar-refractivity contribution is 6.34. The molecule has 0 radical (unpaired) electrons. The Labute approximate surface area is 635 Å². The highest BCUT2D eigenvalue weighted by Gasteiger charge is 2.57. The van der Waals surface area contributed by atoms with E-state index in [9.17, 15) is 14.4 Å². The van der Waals surface area contributed by atoms with Gasteiger partial charge in [0.05, 0.1) is 50.7 Å². The summed E-state index contributed by atoms with van der Waals surface area (Å²) >= 11 is 19.7. The van der Waals surface area contributed by atoms with E-state index in [0.717, 1.165) is 222 Å². The Hall–Kier alpha value is -8.70. The molecule has 106 heavy (non-hydrogen) atoms. The van der Waals surface area contributed by atoms with Crippen LogP contribution in [0, 0.1) is 0 Å². The van der Waals surface area contributed by atoms with Gasteiger partial charge < -0.3 is 45.6 Å². The molecule has 21 nitrogen and oxygen atoms in total. The number of hydrogen-bond acceptors (Lipinski definition) is 15. The number of rotatable bonds is 15. The number of hydrogen-bond donors (Lipinski definition) is 6. The maximum Gasteiger partial charge on any atom is 0.246 e. The van der Waals surface area contributed by atoms with Crippen molar-refractivity contribution >= 4 is 103 Å². The third kappa shape index (κ3) is 14.0. The topological polar surface area (TPSA) is 231 Å². The average Bonchev–Trinajstić information content (AvgIpc) is 1.59. The standard InChI is InChI=1S/3C27H31ClN6O.CH4/c3*1-2-23(35)33-12-14-34(15-13-33)27-9-5-8-26(18-27,10-11-27)32-25-30-17-21(28)24(31-25)20-16-29-22-7-4-3-6-19(20)22;/h3*2-4,6-7,16-17,29H,1,5,8-15,18H2,(H,30,31,32);1H4/t2*26-,27+;;/m10../s1. The van der Waals surface area contributed by atoms with Crippen LogP contribution in [0.25, 0.3) is 66.5 Å². The number of anilines is 3. The van der Waals surface area contributed by atoms with Crippen molar-refractivity contribution in [2.24, 2.45) is 0 Å². The van der Waals surface area contributed by atoms with E-state index in [4.69, 9.17) is 49.8 Å². The Balaban J connectivity index is 0.000000127. The summed E-state index contributed by atoms with van der Waals surface area (Å²) in [5.74, 6) is 2.06. The summed E-state index contributed by atoms with van der Waals surface area (Å²) in [5, 5.41) is 16.3. The normalized spacial score (nSPS) is 26.5. The molecule has 18 rings (SSSR count). The first kappa shape index (κ1) is 72.8. The second-order valence-corrected chi connectivity index (χ2v) is 32.2. The van der Waals surface area contributed by atoms with Crippen molar-refractivity contribution < 1.29 is 14.4 Å². The lowest BCUT2D eigenvalue weighted by atomic mass is 9.77. The number of nitrogens with zero attached hydrogens (tertiary/aromatic N) is 12. The van der Waals surface area contributed by atoms with Gasteiger partial charge in [-0.2, -0.15) is 0 Å². The van der Waals surface area contributed by atoms with Crippen molar-refractivity contribution in [2.75, 3.05) is 94.5 Å². The number of benzene rings is 3. The van der Waals surface area contributed by atoms with E-state index in [1.54, 1.807) is 18.6 Å². The number of piperazine rings is 3. The number of aromatic nitrogens is 9. The van der Waals surface area contributed by atoms with E-state index in [0.29, 0.717) is 32.9 Å². The molecule has 3 aliphatic heterocycles. The van der Waals surface area contributed by atoms with Gasteiger partial charge in [-0.1, -0.05) is 117 Å². The highest BCUT2D eigenvalue weighted by Crippen LogP contribution is 2.56. The molecule has 0 spiro atoms. The zero-order valence-corrected chi connectivity index (χ0v) is 62.0. The molecule has 6 aromatic heterocycles. The predicted molar refractivity (Wildman–Crippen MR) is 425 cm³/mol. The number of halogens is 3. The molecule has 6 saturated carbocycles. The fourth-order valence-corrected chi connectivity index (χ4v) is 20.7. The summed E-state index contributed by atoms with van der Waals surface area (Å²) in [6.45, 7) is 21.2. The molecule has 9 aliphatic rings. The number of carbonyl (C=O) groups is 3. The summed E-state index contributed by atoms with van der Waals surface area (Å²) in [4.78, 5) is 88.1. The Morgan fingerprint density at radius 3 is 0.934 bits per heavy atom. The van der Waals surface area contributed by atoms with Crippen LogP contribution in [0.15, 0.2) is 148 Å². The number of aromatic amines is 3. The zero-order valence-electron chi connectivity index (χ0n) is 59.7. The van der Waals surface area contributed by atoms with Gasteiger partial charge in [-0.05, 0) is 152 Å². The third-order valence-corrected chi connectivity index (χ3v) is 26.1. The molecule has 9 fully saturated rings. The molecule has 3 aromatic carbocycles. The van der Waals surface area contributed by atoms with E-state index >= 15 is 0 Å². The second-order valence-electron chi connectivity index (χ2n) is 30.9. The lowest BCUT2D eigenvalue weighted by molar-refractivity contribution is -0.129. The smallest absolute Gasteiger partial charge is 0.246 e. The van der Waals surface area contributed by atoms with Gasteiger partial charge in [0, 0.05) is 180 Å². The number of H-pyrrole nitrogens is 3. The lowest BCUT2D eigenvalue weighted by Crippen LogP contribution is -2.59. The molecule has 9 heterocycles. The van der Waals surface area contributed by atoms with Crippen LogP contribution in [0.5, 0.6) is 0 Å². The number of fused-ring (bicyclic) bond motifs is 9. The summed E-state index contributed by atoms with van der Waals surface area (Å²) in [5.41, 5.74) is 8.99. The Bertz CT molecular complexity index is 4310. The van der Waals surface area contributed by atoms with Gasteiger partial charge >= 0.3 is 0 Å². The summed E-state index contributed by atoms with van der Waals surface area (Å²) in [7, 11) is 0. The largest absolute Gasteiger partial charge is 0.360 e. The van der Waals surface area contributed by atoms with Crippen LogP contribution in [0.4, 0.5) is 17.8 Å². The van der Waals surface area contributed by atoms with Gasteiger partial charge in [0.15, 0.2) is 0 Å². The first-order valence-electron chi connectivity index (χ1n) is 37.6. The van der Waals surface area contributed by atoms with Crippen molar-refractivity contribution in [3.63, 3.8) is 0 Å². The van der Waals surface area contributed by atoms with Crippen molar-refractivity contribution in [3.8, 4) is 33.8 Å². The van der Waals surface area contributed by atoms with Crippen LogP contribution in [-0.4, -0.2) is 204 Å². The third-order valence-electron chi connectivity index (χ3n) is 25.3. The molecular formula is C82H97Cl3N18O3. The molecule has 6 atom stereocenters. The lowest BCUT2D eigenvalue weighted by Gasteiger charge is -2.49. The van der Waals surface area contributed by atoms with Gasteiger partial charge in [-0.15, -0.1) is 0 Å². The van der Waals surface area contributed by atoms with Gasteiger partial charge in [0.2, 0.25) is 35.6 Å². The van der Waals surface area contributed by atoms with Crippen molar-refractivity contribution in [3.05, 3.63) is 163 Å². The minimum atomic E-state index is -0.00235. The molecule has 3 amide bonds. The maximum atomic E-state index is 12.0. The summed E-state index contributed by atoms with van der Waals surface area (Å²) < 4.78 is 0. The fourth-order valence-electron chi connectivity index (χ4n) is 20.1. The van der Waals surface area contributed by atoms with E-state index in [1.807, 2.05) is 69.7 Å². The van der Waals surface area contributed by atoms with E-state index < -0.39 is 0 Å². The molecule has 554 valence electrons. The molecule has 6 bridgehead atoms. The second kappa shape index (κ2) is 29.8. The van der Waals surface area contributed by atoms with Gasteiger partial charge in [-0.3, -0.25) is 29.1 Å². The zero-order chi connectivity index (χ0) is 72.1. The summed E-state index contributed by atoms with van der Waals surface area (Å²) in [6, 6.07) is 24.5. The minimum absolute atomic E-state index is 0. The number of carbonyl (C=O) groups excluding carboxylic acids is 3. The van der Waals surface area contributed by atoms with Crippen LogP contribution >= 0.6 is 34.8 Å². The van der Waals surface area contributed by atoms with Gasteiger partial charge in [0.1, 0.15) is 0 Å². The Morgan fingerprint density at radius 2 is 0.660 bits per heavy atom. The van der Waals surface area contributed by atoms with E-state index in [-0.39, 0.29) is 58.4 Å². The van der Waals surface area contributed by atoms with Crippen molar-refractivity contribution in [2.45, 2.75) is 156 Å². The SMILES string of the molecule is C.C=CC(=O)N1CCN(C23CCCC(Nc4ncc(Cl)c(-c5c[nH]c6ccccc56)n4)(CC2)C3)CC1.C=CC(=O)N1CCN([C@@]23CCC[C@@](Nc4ncc(Cl)c(-c5c[nH]c6ccccc56)n4)(CC2)C3)CC1.C=CC(=O)N1CCN([C@]23CCC[C@](Nc4ncc(Cl)c(-c5c[nH]c6ccccc56)n4)(CC2)C3)CC1. The number of amides is 3. The number of nitrogens with one attached hydrogen (secondary N) is 6. The molecule has 9 aromatic rings.